The molecule has 29 heavy (non-hydrogen) atoms. The molecular weight excluding hydrogens is 358 g/mol. The highest BCUT2D eigenvalue weighted by Crippen LogP contribution is 2.17. The highest BCUT2D eigenvalue weighted by atomic mass is 15.3. The third kappa shape index (κ3) is 4.88. The normalized spacial score (nSPS) is 14.2. The van der Waals surface area contributed by atoms with Gasteiger partial charge in [-0.05, 0) is 55.5 Å². The Bertz CT molecular complexity index is 1080. The Morgan fingerprint density at radius 3 is 2.45 bits per heavy atom. The summed E-state index contributed by atoms with van der Waals surface area (Å²) >= 11 is 0. The molecule has 0 saturated carbocycles. The van der Waals surface area contributed by atoms with Gasteiger partial charge in [-0.3, -0.25) is 0 Å². The average Bonchev–Trinajstić information content (AvgIpc) is 2.94. The second-order valence-electron chi connectivity index (χ2n) is 7.36. The summed E-state index contributed by atoms with van der Waals surface area (Å²) in [7, 11) is 6.10. The van der Waals surface area contributed by atoms with Crippen LogP contribution >= 0.6 is 0 Å². The molecule has 0 bridgehead atoms. The molecule has 0 spiro atoms. The summed E-state index contributed by atoms with van der Waals surface area (Å²) < 4.78 is 0. The van der Waals surface area contributed by atoms with Gasteiger partial charge in [0.2, 0.25) is 5.96 Å². The van der Waals surface area contributed by atoms with Crippen molar-refractivity contribution < 1.29 is 0 Å². The number of nitrogens with one attached hydrogen (secondary N) is 2. The summed E-state index contributed by atoms with van der Waals surface area (Å²) in [5.74, 6) is 1.49. The maximum Gasteiger partial charge on any atom is 0.206 e. The first-order valence-corrected chi connectivity index (χ1v) is 9.62. The number of hydrogen-bond acceptors (Lipinski definition) is 5. The van der Waals surface area contributed by atoms with Gasteiger partial charge >= 0.3 is 0 Å². The van der Waals surface area contributed by atoms with Gasteiger partial charge in [-0.15, -0.1) is 0 Å². The van der Waals surface area contributed by atoms with Crippen molar-refractivity contribution >= 4 is 29.6 Å². The smallest absolute Gasteiger partial charge is 0.206 e. The van der Waals surface area contributed by atoms with Gasteiger partial charge in [-0.25, -0.2) is 0 Å². The van der Waals surface area contributed by atoms with E-state index in [0.29, 0.717) is 5.96 Å². The molecule has 0 radical (unpaired) electrons. The van der Waals surface area contributed by atoms with Crippen LogP contribution in [0.4, 0.5) is 11.4 Å². The minimum atomic E-state index is 0.670. The van der Waals surface area contributed by atoms with Gasteiger partial charge in [0.1, 0.15) is 5.82 Å². The Hall–Kier alpha value is -3.47. The standard InChI is InChI=1S/C24H29N5/c1-17-9-11-20(12-10-17)26-24-25-15-7-8-23(27-24)29(6)21-13-14-22(18(2)16-21)19(3)28(4)5/h7-16H,2H2,1,3-6H3,(H2,25,26,27)/b22-19-. The lowest BCUT2D eigenvalue weighted by molar-refractivity contribution is 0.581. The minimum Gasteiger partial charge on any atom is -0.381 e. The number of aliphatic imine (C=N–C) groups is 1. The first-order valence-electron chi connectivity index (χ1n) is 9.62. The number of hydrogen-bond donors (Lipinski definition) is 2. The Kier molecular flexibility index (Phi) is 6.07. The number of aryl methyl sites for hydroxylation is 1. The Balaban J connectivity index is 1.88. The predicted molar refractivity (Wildman–Crippen MR) is 125 cm³/mol. The molecule has 2 aromatic carbocycles. The number of allylic oxidation sites excluding steroid dienone is 2. The number of anilines is 2. The van der Waals surface area contributed by atoms with Crippen LogP contribution in [0.3, 0.4) is 0 Å². The van der Waals surface area contributed by atoms with Crippen molar-refractivity contribution in [3.05, 3.63) is 82.6 Å². The maximum absolute atomic E-state index is 4.77. The van der Waals surface area contributed by atoms with Crippen molar-refractivity contribution in [2.75, 3.05) is 31.4 Å². The highest BCUT2D eigenvalue weighted by molar-refractivity contribution is 5.95. The van der Waals surface area contributed by atoms with Crippen LogP contribution in [-0.2, 0) is 0 Å². The van der Waals surface area contributed by atoms with E-state index in [1.165, 1.54) is 11.3 Å². The molecule has 0 fully saturated rings. The van der Waals surface area contributed by atoms with Gasteiger partial charge in [0.05, 0.1) is 0 Å². The van der Waals surface area contributed by atoms with Gasteiger partial charge in [-0.1, -0.05) is 30.3 Å². The van der Waals surface area contributed by atoms with E-state index in [4.69, 9.17) is 4.99 Å². The molecule has 0 aliphatic carbocycles. The van der Waals surface area contributed by atoms with Crippen LogP contribution in [0.1, 0.15) is 12.5 Å². The van der Waals surface area contributed by atoms with E-state index < -0.39 is 0 Å². The van der Waals surface area contributed by atoms with Crippen LogP contribution in [0.25, 0.3) is 12.3 Å². The van der Waals surface area contributed by atoms with Gasteiger partial charge in [0.25, 0.3) is 0 Å². The number of benzene rings is 2. The Morgan fingerprint density at radius 1 is 1.07 bits per heavy atom. The molecule has 0 aromatic heterocycles. The van der Waals surface area contributed by atoms with Gasteiger partial charge in [-0.2, -0.15) is 4.99 Å². The van der Waals surface area contributed by atoms with E-state index in [-0.39, 0.29) is 0 Å². The van der Waals surface area contributed by atoms with E-state index in [1.807, 2.05) is 51.6 Å². The summed E-state index contributed by atoms with van der Waals surface area (Å²) in [5.41, 5.74) is 4.43. The fourth-order valence-corrected chi connectivity index (χ4v) is 2.98. The van der Waals surface area contributed by atoms with Crippen molar-refractivity contribution in [1.82, 2.24) is 10.2 Å². The van der Waals surface area contributed by atoms with Crippen LogP contribution in [0.15, 0.2) is 71.6 Å². The van der Waals surface area contributed by atoms with Gasteiger partial charge < -0.3 is 20.4 Å². The molecule has 1 aliphatic rings. The van der Waals surface area contributed by atoms with Gasteiger partial charge in [0, 0.05) is 49.6 Å². The first-order chi connectivity index (χ1) is 13.8. The summed E-state index contributed by atoms with van der Waals surface area (Å²) in [6.45, 7) is 8.42. The monoisotopic (exact) mass is 387 g/mol. The lowest BCUT2D eigenvalue weighted by atomic mass is 10.2. The molecule has 2 aromatic rings. The van der Waals surface area contributed by atoms with E-state index in [0.717, 1.165) is 27.6 Å². The van der Waals surface area contributed by atoms with Crippen molar-refractivity contribution in [2.45, 2.75) is 13.8 Å². The minimum absolute atomic E-state index is 0.670. The zero-order valence-electron chi connectivity index (χ0n) is 17.8. The van der Waals surface area contributed by atoms with Crippen molar-refractivity contribution in [1.29, 1.82) is 0 Å². The Morgan fingerprint density at radius 2 is 1.79 bits per heavy atom. The molecule has 0 unspecified atom stereocenters. The quantitative estimate of drug-likeness (QED) is 0.847. The molecule has 0 atom stereocenters. The maximum atomic E-state index is 4.77. The third-order valence-corrected chi connectivity index (χ3v) is 4.98. The zero-order chi connectivity index (χ0) is 21.0. The average molecular weight is 388 g/mol. The molecule has 5 heteroatoms. The fourth-order valence-electron chi connectivity index (χ4n) is 2.98. The molecule has 1 heterocycles. The van der Waals surface area contributed by atoms with Crippen molar-refractivity contribution in [3.8, 4) is 0 Å². The van der Waals surface area contributed by atoms with E-state index >= 15 is 0 Å². The molecule has 150 valence electrons. The van der Waals surface area contributed by atoms with Crippen molar-refractivity contribution in [2.24, 2.45) is 4.99 Å². The van der Waals surface area contributed by atoms with Crippen LogP contribution in [0.2, 0.25) is 0 Å². The largest absolute Gasteiger partial charge is 0.381 e. The Labute approximate surface area is 173 Å². The van der Waals surface area contributed by atoms with E-state index in [1.54, 1.807) is 0 Å². The summed E-state index contributed by atoms with van der Waals surface area (Å²) in [6.07, 6.45) is 5.79. The fraction of sp³-hybridized carbons (Fsp3) is 0.208. The lowest BCUT2D eigenvalue weighted by Crippen LogP contribution is -2.31. The third-order valence-electron chi connectivity index (χ3n) is 4.98. The summed E-state index contributed by atoms with van der Waals surface area (Å²) in [5, 5.41) is 8.66. The molecule has 0 amide bonds. The van der Waals surface area contributed by atoms with Crippen LogP contribution in [0.5, 0.6) is 0 Å². The van der Waals surface area contributed by atoms with Gasteiger partial charge in [0.15, 0.2) is 0 Å². The molecule has 0 saturated heterocycles. The van der Waals surface area contributed by atoms with Crippen LogP contribution in [-0.4, -0.2) is 32.0 Å². The van der Waals surface area contributed by atoms with Crippen LogP contribution in [0, 0.1) is 6.92 Å². The van der Waals surface area contributed by atoms with Crippen LogP contribution < -0.4 is 26.0 Å². The first kappa shape index (κ1) is 20.3. The predicted octanol–water partition coefficient (Wildman–Crippen LogP) is 2.96. The summed E-state index contributed by atoms with van der Waals surface area (Å²) in [6, 6.07) is 14.5. The second kappa shape index (κ2) is 8.69. The SMILES string of the molecule is C=c1cc(N(C)C2=CC=CNC(Nc3ccc(C)cc3)=N2)cc/c1=C(\C)N(C)C. The number of nitrogens with zero attached hydrogens (tertiary/aromatic N) is 3. The van der Waals surface area contributed by atoms with Crippen molar-refractivity contribution in [3.63, 3.8) is 0 Å². The second-order valence-corrected chi connectivity index (χ2v) is 7.36. The molecule has 2 N–H and O–H groups in total. The summed E-state index contributed by atoms with van der Waals surface area (Å²) in [4.78, 5) is 8.93. The molecule has 3 rings (SSSR count). The molecule has 1 aliphatic heterocycles. The molecule has 5 nitrogen and oxygen atoms in total. The van der Waals surface area contributed by atoms with E-state index in [9.17, 15) is 0 Å². The zero-order valence-corrected chi connectivity index (χ0v) is 17.8. The number of guanidine groups is 1. The topological polar surface area (TPSA) is 42.9 Å². The molecular formula is C24H29N5. The van der Waals surface area contributed by atoms with E-state index in [2.05, 4.69) is 71.2 Å². The number of rotatable bonds is 4. The highest BCUT2D eigenvalue weighted by Gasteiger charge is 2.10. The lowest BCUT2D eigenvalue weighted by Gasteiger charge is -2.21.